The van der Waals surface area contributed by atoms with Gasteiger partial charge in [-0.15, -0.1) is 0 Å². The fourth-order valence-electron chi connectivity index (χ4n) is 16.3. The molecule has 2 aromatic carbocycles. The van der Waals surface area contributed by atoms with Crippen LogP contribution in [0.4, 0.5) is 9.59 Å². The maximum atomic E-state index is 15.0. The lowest BCUT2D eigenvalue weighted by Crippen LogP contribution is -2.61. The molecule has 5 N–H and O–H groups in total. The SMILES string of the molecule is CC=C(COC(=O)N(C)[C@H](C(=O)NC(C(=O)N(C)C([C@@H](C)CC)[C@@H](CC(=O)N1CCC[C@H]1[C@H](OC)[C@H]1OC(c2ccccc2)[C@@H](C)NC1=O)OC)C(C)C)C(C)C)COC(=O)N(C)[C@H](C(=O)NC(C(=O)N(C)[C@@H]([C@@H](C)CC)[C@@H](CC(=O)N1CCC[C@H]1[C@H](OC)[C@@H](C)C(=O)N[C@H](C)[C@@H](O)c1ccccc1)OC)C(C)C)C(C)C. The maximum absolute atomic E-state index is 15.0. The lowest BCUT2D eigenvalue weighted by molar-refractivity contribution is -0.173. The summed E-state index contributed by atoms with van der Waals surface area (Å²) in [6.07, 6.45) is -2.07. The molecule has 2 aromatic rings. The Morgan fingerprint density at radius 1 is 0.580 bits per heavy atom. The van der Waals surface area contributed by atoms with Crippen LogP contribution in [-0.4, -0.2) is 268 Å². The minimum atomic E-state index is -1.13. The van der Waals surface area contributed by atoms with Crippen LogP contribution in [0.15, 0.2) is 72.3 Å². The average Bonchev–Trinajstić information content (AvgIpc) is 1.13. The Kier molecular flexibility index (Phi) is 37.9. The molecule has 630 valence electrons. The van der Waals surface area contributed by atoms with Gasteiger partial charge in [0, 0.05) is 75.3 Å². The molecule has 0 saturated carbocycles. The van der Waals surface area contributed by atoms with Crippen molar-refractivity contribution in [3.8, 4) is 0 Å². The van der Waals surface area contributed by atoms with Gasteiger partial charge in [0.2, 0.25) is 41.4 Å². The van der Waals surface area contributed by atoms with Gasteiger partial charge >= 0.3 is 12.2 Å². The average molecular weight is 1570 g/mol. The number of amides is 10. The molecule has 0 spiro atoms. The second kappa shape index (κ2) is 44.8. The largest absolute Gasteiger partial charge is 0.445 e. The van der Waals surface area contributed by atoms with E-state index in [0.717, 1.165) is 15.4 Å². The number of nitrogens with zero attached hydrogens (tertiary/aromatic N) is 6. The summed E-state index contributed by atoms with van der Waals surface area (Å²) in [5.41, 5.74) is 1.94. The number of aliphatic hydroxyl groups is 1. The van der Waals surface area contributed by atoms with Crippen LogP contribution in [0.3, 0.4) is 0 Å². The molecule has 112 heavy (non-hydrogen) atoms. The van der Waals surface area contributed by atoms with Crippen molar-refractivity contribution >= 4 is 59.4 Å². The van der Waals surface area contributed by atoms with Gasteiger partial charge < -0.3 is 79.1 Å². The molecular formula is C84H136N10O18. The van der Waals surface area contributed by atoms with E-state index in [2.05, 4.69) is 21.3 Å². The van der Waals surface area contributed by atoms with E-state index >= 15 is 0 Å². The molecule has 0 aromatic heterocycles. The number of aliphatic hydroxyl groups excluding tert-OH is 1. The number of likely N-dealkylation sites (tertiary alicyclic amines) is 2. The van der Waals surface area contributed by atoms with Crippen molar-refractivity contribution in [1.82, 2.24) is 50.7 Å². The zero-order valence-corrected chi connectivity index (χ0v) is 71.3. The molecule has 5 rings (SSSR count). The highest BCUT2D eigenvalue weighted by atomic mass is 16.6. The summed E-state index contributed by atoms with van der Waals surface area (Å²) in [4.78, 5) is 153. The van der Waals surface area contributed by atoms with Gasteiger partial charge in [-0.05, 0) is 93.1 Å². The van der Waals surface area contributed by atoms with E-state index < -0.39 is 163 Å². The monoisotopic (exact) mass is 1570 g/mol. The van der Waals surface area contributed by atoms with Gasteiger partial charge in [-0.1, -0.05) is 170 Å². The summed E-state index contributed by atoms with van der Waals surface area (Å²) in [5.74, 6) is -6.16. The van der Waals surface area contributed by atoms with Crippen LogP contribution in [0.1, 0.15) is 185 Å². The molecule has 3 saturated heterocycles. The topological polar surface area (TPSA) is 323 Å². The second-order valence-corrected chi connectivity index (χ2v) is 32.3. The number of benzene rings is 2. The van der Waals surface area contributed by atoms with Gasteiger partial charge in [-0.25, -0.2) is 9.59 Å². The van der Waals surface area contributed by atoms with Crippen LogP contribution in [0.25, 0.3) is 0 Å². The molecule has 28 nitrogen and oxygen atoms in total. The molecule has 20 atom stereocenters. The molecule has 10 amide bonds. The number of carbonyl (C=O) groups excluding carboxylic acids is 10. The van der Waals surface area contributed by atoms with Gasteiger partial charge in [0.05, 0.1) is 79.4 Å². The van der Waals surface area contributed by atoms with Gasteiger partial charge in [0.25, 0.3) is 5.91 Å². The minimum absolute atomic E-state index is 0.101. The second-order valence-electron chi connectivity index (χ2n) is 32.3. The Morgan fingerprint density at radius 2 is 1.01 bits per heavy atom. The van der Waals surface area contributed by atoms with Crippen molar-refractivity contribution in [2.24, 2.45) is 41.4 Å². The minimum Gasteiger partial charge on any atom is -0.445 e. The van der Waals surface area contributed by atoms with Gasteiger partial charge in [0.15, 0.2) is 6.10 Å². The number of nitrogens with one attached hydrogen (secondary N) is 4. The standard InChI is InChI=1S/C84H136N10O18/c1-25-52(12)70(62(106-21)44-64(95)93-42-34-40-60(93)73(108-23)54(14)77(98)85-55(15)72(97)58-36-30-28-31-37-58)89(17)81(102)66(48(4)5)87-78(99)68(50(8)9)91(19)83(104)110-46-57(27-3)47-111-84(105)92(20)69(51(10)11)79(100)88-67(49(6)7)82(103)90(18)71(53(13)26-2)63(107-22)45-65(96)94-43-35-41-61(94)75(109-24)76-80(101)86-56(16)74(112-76)59-38-32-29-33-39-59/h27-33,36-39,48-56,60-63,66-76,97H,25-26,34-35,40-47H2,1-24H3,(H,85,98)(H,86,101)(H,87,99)(H,88,100)/t52-,53-,54+,55+,56+,60-,61-,62+,63+,66?,67?,68-,69-,70-,71?,72+,73+,74?,75-,76+/m0/s1. The lowest BCUT2D eigenvalue weighted by Gasteiger charge is -2.42. The van der Waals surface area contributed by atoms with E-state index in [1.807, 2.05) is 83.1 Å². The van der Waals surface area contributed by atoms with E-state index in [0.29, 0.717) is 62.8 Å². The highest BCUT2D eigenvalue weighted by Crippen LogP contribution is 2.36. The fraction of sp³-hybridized carbons (Fsp3) is 0.714. The first-order chi connectivity index (χ1) is 52.9. The lowest BCUT2D eigenvalue weighted by atomic mass is 9.89. The third-order valence-electron chi connectivity index (χ3n) is 23.2. The van der Waals surface area contributed by atoms with Gasteiger partial charge in [-0.2, -0.15) is 0 Å². The first kappa shape index (κ1) is 94.8. The first-order valence-corrected chi connectivity index (χ1v) is 40.2. The van der Waals surface area contributed by atoms with Crippen LogP contribution >= 0.6 is 0 Å². The number of hydrogen-bond acceptors (Lipinski definition) is 18. The molecular weight excluding hydrogens is 1440 g/mol. The van der Waals surface area contributed by atoms with Crippen molar-refractivity contribution in [2.45, 2.75) is 265 Å². The van der Waals surface area contributed by atoms with Crippen molar-refractivity contribution in [2.75, 3.05) is 82.9 Å². The number of ether oxygens (including phenoxy) is 7. The molecule has 0 bridgehead atoms. The summed E-state index contributed by atoms with van der Waals surface area (Å²) in [7, 11) is 12.1. The van der Waals surface area contributed by atoms with Crippen molar-refractivity contribution in [3.63, 3.8) is 0 Å². The van der Waals surface area contributed by atoms with E-state index in [4.69, 9.17) is 33.2 Å². The van der Waals surface area contributed by atoms with Crippen molar-refractivity contribution < 1.29 is 86.2 Å². The number of morpholine rings is 1. The summed E-state index contributed by atoms with van der Waals surface area (Å²) in [6, 6.07) is 11.1. The first-order valence-electron chi connectivity index (χ1n) is 40.2. The molecule has 4 unspecified atom stereocenters. The smallest absolute Gasteiger partial charge is 0.410 e. The third kappa shape index (κ3) is 24.2. The Bertz CT molecular complexity index is 3400. The summed E-state index contributed by atoms with van der Waals surface area (Å²) in [5, 5.41) is 22.9. The van der Waals surface area contributed by atoms with Crippen LogP contribution in [-0.2, 0) is 71.5 Å². The molecule has 3 aliphatic heterocycles. The molecule has 0 radical (unpaired) electrons. The summed E-state index contributed by atoms with van der Waals surface area (Å²) < 4.78 is 42.3. The predicted octanol–water partition coefficient (Wildman–Crippen LogP) is 8.49. The third-order valence-corrected chi connectivity index (χ3v) is 23.2. The number of allylic oxidation sites excluding steroid dienone is 1. The Hall–Kier alpha value is -7.76. The highest BCUT2D eigenvalue weighted by molar-refractivity contribution is 5.93. The van der Waals surface area contributed by atoms with E-state index in [1.165, 1.54) is 42.5 Å². The predicted molar refractivity (Wildman–Crippen MR) is 427 cm³/mol. The van der Waals surface area contributed by atoms with E-state index in [1.54, 1.807) is 128 Å². The van der Waals surface area contributed by atoms with E-state index in [-0.39, 0.29) is 67.6 Å². The van der Waals surface area contributed by atoms with Crippen molar-refractivity contribution in [1.29, 1.82) is 0 Å². The highest BCUT2D eigenvalue weighted by Gasteiger charge is 2.50. The zero-order valence-electron chi connectivity index (χ0n) is 71.3. The van der Waals surface area contributed by atoms with Gasteiger partial charge in [-0.3, -0.25) is 48.2 Å². The molecule has 28 heteroatoms. The molecule has 3 fully saturated rings. The Labute approximate surface area is 666 Å². The number of methoxy groups -OCH3 is 4. The maximum Gasteiger partial charge on any atom is 0.410 e. The van der Waals surface area contributed by atoms with Crippen LogP contribution in [0, 0.1) is 41.4 Å². The summed E-state index contributed by atoms with van der Waals surface area (Å²) >= 11 is 0. The van der Waals surface area contributed by atoms with Gasteiger partial charge in [0.1, 0.15) is 49.6 Å². The van der Waals surface area contributed by atoms with E-state index in [9.17, 15) is 53.1 Å². The fourth-order valence-corrected chi connectivity index (χ4v) is 16.3. The molecule has 3 heterocycles. The van der Waals surface area contributed by atoms with Crippen LogP contribution in [0.2, 0.25) is 0 Å². The Balaban J connectivity index is 1.20. The number of hydrogen-bond donors (Lipinski definition) is 5. The quantitative estimate of drug-likeness (QED) is 0.0390. The number of rotatable bonds is 41. The van der Waals surface area contributed by atoms with Crippen molar-refractivity contribution in [3.05, 3.63) is 83.4 Å². The van der Waals surface area contributed by atoms with Crippen LogP contribution in [0.5, 0.6) is 0 Å². The summed E-state index contributed by atoms with van der Waals surface area (Å²) in [6.45, 7) is 29.3. The molecule has 3 aliphatic rings. The van der Waals surface area contributed by atoms with Crippen LogP contribution < -0.4 is 21.3 Å². The molecule has 0 aliphatic carbocycles. The zero-order chi connectivity index (χ0) is 83.9. The number of likely N-dealkylation sites (N-methyl/N-ethyl adjacent to an activating group) is 4. The number of carbonyl (C=O) groups is 10. The Morgan fingerprint density at radius 3 is 1.40 bits per heavy atom. The normalized spacial score (nSPS) is 21.5.